The molecule has 4 aromatic carbocycles. The summed E-state index contributed by atoms with van der Waals surface area (Å²) in [7, 11) is 0. The predicted octanol–water partition coefficient (Wildman–Crippen LogP) is 7.42. The first kappa shape index (κ1) is 24.8. The largest absolute Gasteiger partial charge is 0.412 e. The molecule has 0 aliphatic carbocycles. The molecule has 3 heteroatoms. The second kappa shape index (κ2) is 15.4. The summed E-state index contributed by atoms with van der Waals surface area (Å²) in [6.45, 7) is 0. The van der Waals surface area contributed by atoms with Crippen molar-refractivity contribution in [3.63, 3.8) is 0 Å². The van der Waals surface area contributed by atoms with Crippen LogP contribution < -0.4 is 0 Å². The van der Waals surface area contributed by atoms with E-state index in [0.717, 1.165) is 23.0 Å². The Morgan fingerprint density at radius 2 is 0.516 bits per heavy atom. The van der Waals surface area contributed by atoms with Crippen molar-refractivity contribution >= 4 is 23.5 Å². The van der Waals surface area contributed by atoms with E-state index in [-0.39, 0.29) is 5.48 Å². The Kier molecular flexibility index (Phi) is 12.3. The van der Waals surface area contributed by atoms with Crippen LogP contribution in [0.15, 0.2) is 121 Å². The average molecular weight is 447 g/mol. The predicted molar refractivity (Wildman–Crippen MR) is 139 cm³/mol. The van der Waals surface area contributed by atoms with Gasteiger partial charge >= 0.3 is 0 Å². The molecule has 160 valence electrons. The maximum atomic E-state index is 2.18. The van der Waals surface area contributed by atoms with Gasteiger partial charge in [-0.15, -0.1) is 0 Å². The second-order valence-corrected chi connectivity index (χ2v) is 8.90. The third-order valence-electron chi connectivity index (χ3n) is 4.45. The van der Waals surface area contributed by atoms with Gasteiger partial charge < -0.3 is 5.48 Å². The highest BCUT2D eigenvalue weighted by Crippen LogP contribution is 2.18. The molecule has 0 saturated heterocycles. The highest BCUT2D eigenvalue weighted by atomic mass is 32.2. The van der Waals surface area contributed by atoms with Gasteiger partial charge in [0.2, 0.25) is 0 Å². The van der Waals surface area contributed by atoms with Crippen molar-refractivity contribution in [3.8, 4) is 0 Å². The Bertz CT molecular complexity index is 770. The first-order valence-corrected chi connectivity index (χ1v) is 12.5. The van der Waals surface area contributed by atoms with Gasteiger partial charge in [-0.3, -0.25) is 0 Å². The van der Waals surface area contributed by atoms with Gasteiger partial charge in [-0.25, -0.2) is 0 Å². The number of thioether (sulfide) groups is 2. The van der Waals surface area contributed by atoms with Gasteiger partial charge in [0, 0.05) is 23.0 Å². The van der Waals surface area contributed by atoms with E-state index in [1.165, 1.54) is 22.3 Å². The van der Waals surface area contributed by atoms with Crippen molar-refractivity contribution in [2.24, 2.45) is 0 Å². The summed E-state index contributed by atoms with van der Waals surface area (Å²) in [6.07, 6.45) is 0. The van der Waals surface area contributed by atoms with Crippen LogP contribution in [0.5, 0.6) is 0 Å². The highest BCUT2D eigenvalue weighted by molar-refractivity contribution is 7.97. The quantitative estimate of drug-likeness (QED) is 0.282. The van der Waals surface area contributed by atoms with Crippen molar-refractivity contribution in [1.82, 2.24) is 0 Å². The van der Waals surface area contributed by atoms with Gasteiger partial charge in [-0.1, -0.05) is 121 Å². The Morgan fingerprint density at radius 1 is 0.323 bits per heavy atom. The minimum absolute atomic E-state index is 0. The summed E-state index contributed by atoms with van der Waals surface area (Å²) in [5.74, 6) is 4.37. The first-order chi connectivity index (χ1) is 14.9. The molecule has 0 bridgehead atoms. The minimum Gasteiger partial charge on any atom is -0.412 e. The second-order valence-electron chi connectivity index (χ2n) is 6.93. The van der Waals surface area contributed by atoms with Crippen molar-refractivity contribution in [3.05, 3.63) is 144 Å². The summed E-state index contributed by atoms with van der Waals surface area (Å²) in [5, 5.41) is 0. The van der Waals surface area contributed by atoms with Gasteiger partial charge in [0.25, 0.3) is 0 Å². The van der Waals surface area contributed by atoms with E-state index >= 15 is 0 Å². The van der Waals surface area contributed by atoms with Crippen molar-refractivity contribution in [2.75, 3.05) is 0 Å². The maximum absolute atomic E-state index is 2.18. The third-order valence-corrected chi connectivity index (χ3v) is 6.60. The zero-order chi connectivity index (χ0) is 20.7. The van der Waals surface area contributed by atoms with Crippen LogP contribution >= 0.6 is 23.5 Å². The zero-order valence-corrected chi connectivity index (χ0v) is 19.3. The van der Waals surface area contributed by atoms with Crippen LogP contribution in [0.3, 0.4) is 0 Å². The standard InChI is InChI=1S/2C14H14S.H2O/c2*1-3-7-13(8-4-1)11-15-12-14-9-5-2-6-10-14;/h2*1-10H,11-12H2;1H2. The molecule has 0 aliphatic heterocycles. The summed E-state index contributed by atoms with van der Waals surface area (Å²) in [5.41, 5.74) is 5.61. The molecule has 0 fully saturated rings. The van der Waals surface area contributed by atoms with E-state index < -0.39 is 0 Å². The van der Waals surface area contributed by atoms with Gasteiger partial charge in [0.1, 0.15) is 0 Å². The maximum Gasteiger partial charge on any atom is 0.0187 e. The molecule has 0 heterocycles. The van der Waals surface area contributed by atoms with Crippen molar-refractivity contribution in [1.29, 1.82) is 0 Å². The monoisotopic (exact) mass is 446 g/mol. The lowest BCUT2D eigenvalue weighted by atomic mass is 10.2. The Hall–Kier alpha value is -2.46. The molecular formula is C28H30OS2. The van der Waals surface area contributed by atoms with Crippen molar-refractivity contribution in [2.45, 2.75) is 23.0 Å². The highest BCUT2D eigenvalue weighted by Gasteiger charge is 1.95. The minimum atomic E-state index is 0. The number of benzene rings is 4. The van der Waals surface area contributed by atoms with E-state index in [1.54, 1.807) is 0 Å². The van der Waals surface area contributed by atoms with E-state index in [0.29, 0.717) is 0 Å². The molecule has 1 nitrogen and oxygen atoms in total. The van der Waals surface area contributed by atoms with Crippen molar-refractivity contribution < 1.29 is 5.48 Å². The molecule has 0 atom stereocenters. The lowest BCUT2D eigenvalue weighted by Gasteiger charge is -2.01. The Balaban J connectivity index is 0.000000213. The average Bonchev–Trinajstić information content (AvgIpc) is 2.82. The topological polar surface area (TPSA) is 31.5 Å². The van der Waals surface area contributed by atoms with E-state index in [2.05, 4.69) is 121 Å². The van der Waals surface area contributed by atoms with Gasteiger partial charge in [-0.05, 0) is 22.3 Å². The third kappa shape index (κ3) is 10.4. The number of rotatable bonds is 8. The van der Waals surface area contributed by atoms with Gasteiger partial charge in [0.15, 0.2) is 0 Å². The molecule has 0 radical (unpaired) electrons. The van der Waals surface area contributed by atoms with Crippen LogP contribution in [0.2, 0.25) is 0 Å². The Labute approximate surface area is 195 Å². The fourth-order valence-electron chi connectivity index (χ4n) is 2.87. The number of hydrogen-bond acceptors (Lipinski definition) is 2. The Morgan fingerprint density at radius 3 is 0.710 bits per heavy atom. The molecule has 31 heavy (non-hydrogen) atoms. The zero-order valence-electron chi connectivity index (χ0n) is 17.7. The summed E-state index contributed by atoms with van der Waals surface area (Å²) < 4.78 is 0. The van der Waals surface area contributed by atoms with Crippen LogP contribution in [0.4, 0.5) is 0 Å². The van der Waals surface area contributed by atoms with Crippen LogP contribution in [0.1, 0.15) is 22.3 Å². The van der Waals surface area contributed by atoms with Crippen LogP contribution in [-0.4, -0.2) is 5.48 Å². The van der Waals surface area contributed by atoms with Crippen LogP contribution in [0.25, 0.3) is 0 Å². The lowest BCUT2D eigenvalue weighted by Crippen LogP contribution is -1.82. The summed E-state index contributed by atoms with van der Waals surface area (Å²) in [4.78, 5) is 0. The van der Waals surface area contributed by atoms with E-state index in [1.807, 2.05) is 23.5 Å². The van der Waals surface area contributed by atoms with Crippen LogP contribution in [-0.2, 0) is 23.0 Å². The smallest absolute Gasteiger partial charge is 0.0187 e. The molecule has 0 unspecified atom stereocenters. The van der Waals surface area contributed by atoms with Gasteiger partial charge in [0.05, 0.1) is 0 Å². The SMILES string of the molecule is O.c1ccc(CSCc2ccccc2)cc1.c1ccc(CSCc2ccccc2)cc1. The molecule has 4 rings (SSSR count). The first-order valence-electron chi connectivity index (χ1n) is 10.2. The van der Waals surface area contributed by atoms with E-state index in [9.17, 15) is 0 Å². The molecule has 0 spiro atoms. The number of hydrogen-bond donors (Lipinski definition) is 0. The molecule has 0 amide bonds. The molecule has 0 aliphatic rings. The lowest BCUT2D eigenvalue weighted by molar-refractivity contribution is 0.824. The van der Waals surface area contributed by atoms with E-state index in [4.69, 9.17) is 0 Å². The normalized spacial score (nSPS) is 9.81. The summed E-state index contributed by atoms with van der Waals surface area (Å²) in [6, 6.07) is 42.4. The van der Waals surface area contributed by atoms with Crippen LogP contribution in [0, 0.1) is 0 Å². The molecule has 4 aromatic rings. The fourth-order valence-corrected chi connectivity index (χ4v) is 4.79. The molecule has 2 N–H and O–H groups in total. The molecule has 0 aromatic heterocycles. The molecular weight excluding hydrogens is 416 g/mol. The molecule has 0 saturated carbocycles. The summed E-state index contributed by atoms with van der Waals surface area (Å²) >= 11 is 3.92. The fraction of sp³-hybridized carbons (Fsp3) is 0.143. The van der Waals surface area contributed by atoms with Gasteiger partial charge in [-0.2, -0.15) is 23.5 Å².